The third-order valence-electron chi connectivity index (χ3n) is 1.95. The SMILES string of the molecule is C=CC1=C(CC)C(=O)CC1. The largest absolute Gasteiger partial charge is 0.295 e. The zero-order chi connectivity index (χ0) is 7.56. The molecule has 0 fully saturated rings. The highest BCUT2D eigenvalue weighted by molar-refractivity contribution is 5.99. The van der Waals surface area contributed by atoms with Gasteiger partial charge in [-0.1, -0.05) is 19.6 Å². The molecule has 54 valence electrons. The van der Waals surface area contributed by atoms with Gasteiger partial charge in [0.25, 0.3) is 0 Å². The summed E-state index contributed by atoms with van der Waals surface area (Å²) in [6.45, 7) is 5.68. The summed E-state index contributed by atoms with van der Waals surface area (Å²) < 4.78 is 0. The summed E-state index contributed by atoms with van der Waals surface area (Å²) in [6, 6.07) is 0. The predicted octanol–water partition coefficient (Wildman–Crippen LogP) is 2.24. The summed E-state index contributed by atoms with van der Waals surface area (Å²) in [5.41, 5.74) is 2.16. The first-order valence-electron chi connectivity index (χ1n) is 3.67. The third-order valence-corrected chi connectivity index (χ3v) is 1.95. The molecule has 0 aromatic carbocycles. The van der Waals surface area contributed by atoms with Gasteiger partial charge in [-0.15, -0.1) is 0 Å². The van der Waals surface area contributed by atoms with Crippen LogP contribution >= 0.6 is 0 Å². The Morgan fingerprint density at radius 3 is 2.70 bits per heavy atom. The molecule has 1 nitrogen and oxygen atoms in total. The molecule has 1 rings (SSSR count). The van der Waals surface area contributed by atoms with E-state index in [9.17, 15) is 4.79 Å². The van der Waals surface area contributed by atoms with Crippen LogP contribution in [0.15, 0.2) is 23.8 Å². The van der Waals surface area contributed by atoms with Crippen molar-refractivity contribution in [3.8, 4) is 0 Å². The van der Waals surface area contributed by atoms with Gasteiger partial charge in [0.15, 0.2) is 5.78 Å². The first kappa shape index (κ1) is 7.26. The van der Waals surface area contributed by atoms with Crippen molar-refractivity contribution in [3.63, 3.8) is 0 Å². The molecule has 1 aliphatic carbocycles. The molecule has 0 aromatic rings. The van der Waals surface area contributed by atoms with Crippen molar-refractivity contribution in [2.45, 2.75) is 26.2 Å². The highest BCUT2D eigenvalue weighted by Crippen LogP contribution is 2.25. The number of Topliss-reactive ketones (excluding diaryl/α,β-unsaturated/α-hetero) is 1. The molecule has 0 amide bonds. The zero-order valence-electron chi connectivity index (χ0n) is 6.31. The average Bonchev–Trinajstić information content (AvgIpc) is 2.30. The van der Waals surface area contributed by atoms with Gasteiger partial charge in [0, 0.05) is 6.42 Å². The lowest BCUT2D eigenvalue weighted by molar-refractivity contribution is -0.115. The number of hydrogen-bond acceptors (Lipinski definition) is 1. The molecule has 0 spiro atoms. The predicted molar refractivity (Wildman–Crippen MR) is 41.8 cm³/mol. The van der Waals surface area contributed by atoms with Gasteiger partial charge < -0.3 is 0 Å². The Hall–Kier alpha value is -0.850. The fraction of sp³-hybridized carbons (Fsp3) is 0.444. The average molecular weight is 136 g/mol. The second-order valence-electron chi connectivity index (χ2n) is 2.48. The minimum absolute atomic E-state index is 0.317. The van der Waals surface area contributed by atoms with Crippen LogP contribution in [0.2, 0.25) is 0 Å². The van der Waals surface area contributed by atoms with Gasteiger partial charge in [0.05, 0.1) is 0 Å². The standard InChI is InChI=1S/C9H12O/c1-3-7-5-6-9(10)8(7)4-2/h3H,1,4-6H2,2H3. The molecule has 0 saturated carbocycles. The molecule has 0 bridgehead atoms. The van der Waals surface area contributed by atoms with Crippen molar-refractivity contribution in [1.82, 2.24) is 0 Å². The minimum atomic E-state index is 0.317. The maximum absolute atomic E-state index is 11.1. The highest BCUT2D eigenvalue weighted by atomic mass is 16.1. The molecular weight excluding hydrogens is 124 g/mol. The summed E-state index contributed by atoms with van der Waals surface area (Å²) in [4.78, 5) is 11.1. The van der Waals surface area contributed by atoms with Crippen molar-refractivity contribution in [3.05, 3.63) is 23.8 Å². The van der Waals surface area contributed by atoms with Crippen LogP contribution in [0, 0.1) is 0 Å². The molecule has 0 saturated heterocycles. The minimum Gasteiger partial charge on any atom is -0.295 e. The number of carbonyl (C=O) groups excluding carboxylic acids is 1. The van der Waals surface area contributed by atoms with Gasteiger partial charge in [0.2, 0.25) is 0 Å². The van der Waals surface area contributed by atoms with Crippen molar-refractivity contribution >= 4 is 5.78 Å². The quantitative estimate of drug-likeness (QED) is 0.569. The molecular formula is C9H12O. The Bertz CT molecular complexity index is 199. The summed E-state index contributed by atoms with van der Waals surface area (Å²) in [5, 5.41) is 0. The van der Waals surface area contributed by atoms with E-state index in [4.69, 9.17) is 0 Å². The molecule has 0 atom stereocenters. The Labute approximate surface area is 61.4 Å². The smallest absolute Gasteiger partial charge is 0.159 e. The lowest BCUT2D eigenvalue weighted by Crippen LogP contribution is -1.93. The molecule has 0 N–H and O–H groups in total. The van der Waals surface area contributed by atoms with E-state index in [-0.39, 0.29) is 0 Å². The van der Waals surface area contributed by atoms with E-state index in [1.807, 2.05) is 13.0 Å². The van der Waals surface area contributed by atoms with Gasteiger partial charge in [-0.2, -0.15) is 0 Å². The normalized spacial score (nSPS) is 18.3. The summed E-state index contributed by atoms with van der Waals surface area (Å²) in [5.74, 6) is 0.317. The Kier molecular flexibility index (Phi) is 2.05. The molecule has 0 unspecified atom stereocenters. The summed E-state index contributed by atoms with van der Waals surface area (Å²) >= 11 is 0. The molecule has 1 heteroatoms. The van der Waals surface area contributed by atoms with E-state index in [2.05, 4.69) is 6.58 Å². The van der Waals surface area contributed by atoms with Crippen molar-refractivity contribution < 1.29 is 4.79 Å². The first-order valence-corrected chi connectivity index (χ1v) is 3.67. The van der Waals surface area contributed by atoms with Crippen LogP contribution in [0.3, 0.4) is 0 Å². The maximum Gasteiger partial charge on any atom is 0.159 e. The number of allylic oxidation sites excluding steroid dienone is 3. The van der Waals surface area contributed by atoms with Crippen LogP contribution in [0.25, 0.3) is 0 Å². The molecule has 10 heavy (non-hydrogen) atoms. The van der Waals surface area contributed by atoms with Crippen molar-refractivity contribution in [2.24, 2.45) is 0 Å². The topological polar surface area (TPSA) is 17.1 Å². The number of rotatable bonds is 2. The lowest BCUT2D eigenvalue weighted by atomic mass is 10.1. The van der Waals surface area contributed by atoms with Crippen LogP contribution in [-0.2, 0) is 4.79 Å². The van der Waals surface area contributed by atoms with Gasteiger partial charge in [-0.3, -0.25) is 4.79 Å². The maximum atomic E-state index is 11.1. The van der Waals surface area contributed by atoms with Gasteiger partial charge in [-0.25, -0.2) is 0 Å². The monoisotopic (exact) mass is 136 g/mol. The second kappa shape index (κ2) is 2.82. The Morgan fingerprint density at radius 1 is 1.60 bits per heavy atom. The van der Waals surface area contributed by atoms with Crippen molar-refractivity contribution in [2.75, 3.05) is 0 Å². The Morgan fingerprint density at radius 2 is 2.30 bits per heavy atom. The summed E-state index contributed by atoms with van der Waals surface area (Å²) in [7, 11) is 0. The van der Waals surface area contributed by atoms with Crippen LogP contribution in [-0.4, -0.2) is 5.78 Å². The van der Waals surface area contributed by atoms with Gasteiger partial charge in [-0.05, 0) is 24.0 Å². The van der Waals surface area contributed by atoms with E-state index < -0.39 is 0 Å². The zero-order valence-corrected chi connectivity index (χ0v) is 6.31. The van der Waals surface area contributed by atoms with E-state index in [1.165, 1.54) is 0 Å². The Balaban J connectivity index is 2.91. The number of hydrogen-bond donors (Lipinski definition) is 0. The fourth-order valence-corrected chi connectivity index (χ4v) is 1.38. The summed E-state index contributed by atoms with van der Waals surface area (Å²) in [6.07, 6.45) is 4.28. The first-order chi connectivity index (χ1) is 4.79. The van der Waals surface area contributed by atoms with Gasteiger partial charge in [0.1, 0.15) is 0 Å². The van der Waals surface area contributed by atoms with E-state index in [0.29, 0.717) is 12.2 Å². The molecule has 0 radical (unpaired) electrons. The fourth-order valence-electron chi connectivity index (χ4n) is 1.38. The van der Waals surface area contributed by atoms with Crippen LogP contribution < -0.4 is 0 Å². The lowest BCUT2D eigenvalue weighted by Gasteiger charge is -1.94. The van der Waals surface area contributed by atoms with Crippen LogP contribution in [0.1, 0.15) is 26.2 Å². The molecule has 0 aromatic heterocycles. The highest BCUT2D eigenvalue weighted by Gasteiger charge is 2.18. The number of carbonyl (C=O) groups is 1. The molecule has 1 aliphatic rings. The van der Waals surface area contributed by atoms with E-state index in [1.54, 1.807) is 0 Å². The van der Waals surface area contributed by atoms with Crippen molar-refractivity contribution in [1.29, 1.82) is 0 Å². The van der Waals surface area contributed by atoms with E-state index >= 15 is 0 Å². The van der Waals surface area contributed by atoms with Crippen LogP contribution in [0.5, 0.6) is 0 Å². The van der Waals surface area contributed by atoms with Crippen LogP contribution in [0.4, 0.5) is 0 Å². The second-order valence-corrected chi connectivity index (χ2v) is 2.48. The third kappa shape index (κ3) is 1.04. The molecule has 0 heterocycles. The van der Waals surface area contributed by atoms with Gasteiger partial charge >= 0.3 is 0 Å². The van der Waals surface area contributed by atoms with E-state index in [0.717, 1.165) is 24.0 Å². The molecule has 0 aliphatic heterocycles. The number of ketones is 1.